The summed E-state index contributed by atoms with van der Waals surface area (Å²) in [6, 6.07) is 4.07. The van der Waals surface area contributed by atoms with Crippen molar-refractivity contribution in [3.63, 3.8) is 0 Å². The van der Waals surface area contributed by atoms with E-state index in [-0.39, 0.29) is 18.7 Å². The summed E-state index contributed by atoms with van der Waals surface area (Å²) in [4.78, 5) is 34.7. The number of non-ortho nitro benzene ring substituents is 1. The number of aryl methyl sites for hydroxylation is 1. The largest absolute Gasteiger partial charge is 0.481 e. The van der Waals surface area contributed by atoms with Crippen LogP contribution in [-0.4, -0.2) is 25.6 Å². The number of aliphatic carboxylic acids is 1. The summed E-state index contributed by atoms with van der Waals surface area (Å²) in [7, 11) is 0. The number of rotatable bonds is 5. The Hall–Kier alpha value is -2.64. The van der Waals surface area contributed by atoms with Gasteiger partial charge in [-0.3, -0.25) is 19.5 Å². The van der Waals surface area contributed by atoms with Gasteiger partial charge < -0.3 is 10.1 Å². The first-order chi connectivity index (χ1) is 8.99. The molecule has 0 aliphatic heterocycles. The topological polar surface area (TPSA) is 118 Å². The highest BCUT2D eigenvalue weighted by atomic mass is 16.6. The van der Waals surface area contributed by atoms with Gasteiger partial charge in [-0.15, -0.1) is 0 Å². The number of hydrogen-bond acceptors (Lipinski definition) is 4. The van der Waals surface area contributed by atoms with Crippen LogP contribution in [0.3, 0.4) is 0 Å². The molecule has 0 unspecified atom stereocenters. The zero-order valence-electron chi connectivity index (χ0n) is 9.83. The number of benzene rings is 1. The summed E-state index contributed by atoms with van der Waals surface area (Å²) in [5.74, 6) is -0.927. The van der Waals surface area contributed by atoms with Crippen LogP contribution >= 0.6 is 0 Å². The molecule has 0 saturated carbocycles. The maximum atomic E-state index is 11.7. The molecule has 0 amide bonds. The van der Waals surface area contributed by atoms with Crippen molar-refractivity contribution in [1.82, 2.24) is 9.55 Å². The highest BCUT2D eigenvalue weighted by Crippen LogP contribution is 2.18. The van der Waals surface area contributed by atoms with E-state index in [1.165, 1.54) is 22.8 Å². The molecule has 0 fully saturated rings. The molecule has 1 aromatic carbocycles. The molecule has 8 nitrogen and oxygen atoms in total. The fourth-order valence-electron chi connectivity index (χ4n) is 1.88. The van der Waals surface area contributed by atoms with E-state index in [2.05, 4.69) is 4.98 Å². The van der Waals surface area contributed by atoms with Gasteiger partial charge in [0.2, 0.25) is 0 Å². The van der Waals surface area contributed by atoms with E-state index in [0.29, 0.717) is 17.5 Å². The van der Waals surface area contributed by atoms with Crippen LogP contribution in [0.4, 0.5) is 5.69 Å². The van der Waals surface area contributed by atoms with E-state index in [1.54, 1.807) is 0 Å². The van der Waals surface area contributed by atoms with E-state index in [4.69, 9.17) is 5.11 Å². The highest BCUT2D eigenvalue weighted by Gasteiger charge is 2.12. The van der Waals surface area contributed by atoms with Gasteiger partial charge in [-0.05, 0) is 12.5 Å². The number of aromatic amines is 1. The normalized spacial score (nSPS) is 10.7. The lowest BCUT2D eigenvalue weighted by atomic mass is 10.2. The molecular weight excluding hydrogens is 254 g/mol. The van der Waals surface area contributed by atoms with E-state index >= 15 is 0 Å². The van der Waals surface area contributed by atoms with E-state index in [9.17, 15) is 19.7 Å². The maximum absolute atomic E-state index is 11.7. The van der Waals surface area contributed by atoms with Gasteiger partial charge in [-0.2, -0.15) is 0 Å². The first-order valence-electron chi connectivity index (χ1n) is 5.58. The molecule has 8 heteroatoms. The Kier molecular flexibility index (Phi) is 3.32. The van der Waals surface area contributed by atoms with Gasteiger partial charge in [0.1, 0.15) is 0 Å². The average Bonchev–Trinajstić information content (AvgIpc) is 2.64. The lowest BCUT2D eigenvalue weighted by molar-refractivity contribution is -0.384. The second-order valence-electron chi connectivity index (χ2n) is 4.04. The predicted molar refractivity (Wildman–Crippen MR) is 66.1 cm³/mol. The zero-order chi connectivity index (χ0) is 14.0. The maximum Gasteiger partial charge on any atom is 0.326 e. The number of nitrogens with zero attached hydrogens (tertiary/aromatic N) is 2. The molecule has 2 N–H and O–H groups in total. The Balaban J connectivity index is 2.34. The van der Waals surface area contributed by atoms with Crippen molar-refractivity contribution in [3.8, 4) is 0 Å². The monoisotopic (exact) mass is 265 g/mol. The molecule has 0 aliphatic carbocycles. The van der Waals surface area contributed by atoms with Crippen LogP contribution in [0.1, 0.15) is 12.8 Å². The second kappa shape index (κ2) is 4.92. The van der Waals surface area contributed by atoms with E-state index in [1.807, 2.05) is 0 Å². The summed E-state index contributed by atoms with van der Waals surface area (Å²) in [6.07, 6.45) is 0.283. The zero-order valence-corrected chi connectivity index (χ0v) is 9.83. The van der Waals surface area contributed by atoms with Crippen LogP contribution in [0.2, 0.25) is 0 Å². The van der Waals surface area contributed by atoms with Crippen molar-refractivity contribution in [1.29, 1.82) is 0 Å². The van der Waals surface area contributed by atoms with Crippen LogP contribution in [0.5, 0.6) is 0 Å². The van der Waals surface area contributed by atoms with Crippen molar-refractivity contribution in [2.24, 2.45) is 0 Å². The van der Waals surface area contributed by atoms with Crippen molar-refractivity contribution >= 4 is 22.7 Å². The number of hydrogen-bond donors (Lipinski definition) is 2. The summed E-state index contributed by atoms with van der Waals surface area (Å²) in [5.41, 5.74) is 0.392. The van der Waals surface area contributed by atoms with Crippen LogP contribution in [0.15, 0.2) is 23.0 Å². The number of carboxylic acids is 1. The molecule has 1 aromatic heterocycles. The van der Waals surface area contributed by atoms with Gasteiger partial charge in [0.05, 0.1) is 16.0 Å². The molecule has 2 rings (SSSR count). The molecule has 100 valence electrons. The van der Waals surface area contributed by atoms with Gasteiger partial charge >= 0.3 is 11.7 Å². The average molecular weight is 265 g/mol. The molecule has 0 aliphatic rings. The van der Waals surface area contributed by atoms with Gasteiger partial charge in [0, 0.05) is 25.1 Å². The van der Waals surface area contributed by atoms with Gasteiger partial charge in [0.15, 0.2) is 0 Å². The molecule has 0 atom stereocenters. The lowest BCUT2D eigenvalue weighted by Crippen LogP contribution is -2.17. The summed E-state index contributed by atoms with van der Waals surface area (Å²) < 4.78 is 1.38. The Morgan fingerprint density at radius 3 is 2.84 bits per heavy atom. The molecule has 0 saturated heterocycles. The third-order valence-electron chi connectivity index (χ3n) is 2.74. The summed E-state index contributed by atoms with van der Waals surface area (Å²) in [6.45, 7) is 0.253. The van der Waals surface area contributed by atoms with Crippen LogP contribution in [0, 0.1) is 10.1 Å². The number of fused-ring (bicyclic) bond motifs is 1. The minimum atomic E-state index is -0.927. The minimum absolute atomic E-state index is 0.0356. The number of nitro benzene ring substituents is 1. The molecule has 0 bridgehead atoms. The Morgan fingerprint density at radius 2 is 2.21 bits per heavy atom. The number of carbonyl (C=O) groups is 1. The van der Waals surface area contributed by atoms with Crippen molar-refractivity contribution < 1.29 is 14.8 Å². The molecule has 0 spiro atoms. The summed E-state index contributed by atoms with van der Waals surface area (Å²) >= 11 is 0. The van der Waals surface area contributed by atoms with E-state index in [0.717, 1.165) is 0 Å². The first kappa shape index (κ1) is 12.8. The number of carboxylic acid groups (broad SMARTS) is 1. The molecule has 0 radical (unpaired) electrons. The molecule has 19 heavy (non-hydrogen) atoms. The fourth-order valence-corrected chi connectivity index (χ4v) is 1.88. The second-order valence-corrected chi connectivity index (χ2v) is 4.04. The van der Waals surface area contributed by atoms with Gasteiger partial charge in [-0.1, -0.05) is 0 Å². The van der Waals surface area contributed by atoms with Crippen LogP contribution in [0.25, 0.3) is 11.0 Å². The minimum Gasteiger partial charge on any atom is -0.481 e. The van der Waals surface area contributed by atoms with E-state index < -0.39 is 16.6 Å². The van der Waals surface area contributed by atoms with Crippen LogP contribution < -0.4 is 5.69 Å². The molecule has 2 aromatic rings. The number of imidazole rings is 1. The molecular formula is C11H11N3O5. The number of nitrogens with one attached hydrogen (secondary N) is 1. The Labute approximate surface area is 106 Å². The smallest absolute Gasteiger partial charge is 0.326 e. The van der Waals surface area contributed by atoms with Crippen molar-refractivity contribution in [3.05, 3.63) is 38.8 Å². The first-order valence-corrected chi connectivity index (χ1v) is 5.58. The molecule has 1 heterocycles. The SMILES string of the molecule is O=C(O)CCCn1c(=O)[nH]c2cc([N+](=O)[O-])ccc21. The fraction of sp³-hybridized carbons (Fsp3) is 0.273. The summed E-state index contributed by atoms with van der Waals surface area (Å²) in [5, 5.41) is 19.2. The number of H-pyrrole nitrogens is 1. The quantitative estimate of drug-likeness (QED) is 0.619. The standard InChI is InChI=1S/C11H11N3O5/c15-10(16)2-1-5-13-9-4-3-7(14(18)19)6-8(9)12-11(13)17/h3-4,6H,1-2,5H2,(H,12,17)(H,15,16). The van der Waals surface area contributed by atoms with Crippen molar-refractivity contribution in [2.75, 3.05) is 0 Å². The third kappa shape index (κ3) is 2.62. The third-order valence-corrected chi connectivity index (χ3v) is 2.74. The Bertz CT molecular complexity index is 700. The van der Waals surface area contributed by atoms with Gasteiger partial charge in [0.25, 0.3) is 5.69 Å². The van der Waals surface area contributed by atoms with Crippen LogP contribution in [-0.2, 0) is 11.3 Å². The van der Waals surface area contributed by atoms with Gasteiger partial charge in [-0.25, -0.2) is 4.79 Å². The Morgan fingerprint density at radius 1 is 1.47 bits per heavy atom. The lowest BCUT2D eigenvalue weighted by Gasteiger charge is -2.01. The highest BCUT2D eigenvalue weighted by molar-refractivity contribution is 5.78. The number of aromatic nitrogens is 2. The van der Waals surface area contributed by atoms with Crippen molar-refractivity contribution in [2.45, 2.75) is 19.4 Å². The predicted octanol–water partition coefficient (Wildman–Crippen LogP) is 1.10. The number of nitro groups is 1.